The molecule has 0 amide bonds. The summed E-state index contributed by atoms with van der Waals surface area (Å²) in [5, 5.41) is 22.6. The molecule has 0 saturated carbocycles. The number of nitrogens with two attached hydrogens (primary N) is 1. The van der Waals surface area contributed by atoms with Crippen molar-refractivity contribution < 1.29 is 10.2 Å². The van der Waals surface area contributed by atoms with Crippen molar-refractivity contribution in [3.8, 4) is 11.1 Å². The van der Waals surface area contributed by atoms with E-state index in [2.05, 4.69) is 17.7 Å². The molecule has 2 rings (SSSR count). The van der Waals surface area contributed by atoms with Crippen LogP contribution >= 0.6 is 11.3 Å². The molecule has 5 heteroatoms. The standard InChI is InChI=1S/C16H22N2O2S/c1-2-12-10-21-11-15(12)14-9-13(3-4-16(14)17)18(5-7-19)6-8-20/h3-4,9-11,19-20H,2,5-8,17H2,1H3. The molecule has 0 aliphatic rings. The largest absolute Gasteiger partial charge is 0.398 e. The van der Waals surface area contributed by atoms with Crippen molar-refractivity contribution in [3.05, 3.63) is 34.5 Å². The van der Waals surface area contributed by atoms with Crippen LogP contribution in [0.5, 0.6) is 0 Å². The van der Waals surface area contributed by atoms with Crippen LogP contribution in [0.15, 0.2) is 29.0 Å². The minimum Gasteiger partial charge on any atom is -0.398 e. The Hall–Kier alpha value is -1.56. The molecule has 4 nitrogen and oxygen atoms in total. The van der Waals surface area contributed by atoms with Crippen molar-refractivity contribution in [2.45, 2.75) is 13.3 Å². The fraction of sp³-hybridized carbons (Fsp3) is 0.375. The second-order valence-corrected chi connectivity index (χ2v) is 5.61. The summed E-state index contributed by atoms with van der Waals surface area (Å²) in [5.74, 6) is 0. The Kier molecular flexibility index (Phi) is 5.61. The highest BCUT2D eigenvalue weighted by Crippen LogP contribution is 2.34. The predicted molar refractivity (Wildman–Crippen MR) is 89.9 cm³/mol. The highest BCUT2D eigenvalue weighted by molar-refractivity contribution is 7.08. The van der Waals surface area contributed by atoms with Gasteiger partial charge in [0.2, 0.25) is 0 Å². The first-order valence-electron chi connectivity index (χ1n) is 7.12. The van der Waals surface area contributed by atoms with Crippen LogP contribution in [0.1, 0.15) is 12.5 Å². The van der Waals surface area contributed by atoms with E-state index in [-0.39, 0.29) is 13.2 Å². The van der Waals surface area contributed by atoms with Crippen LogP contribution in [-0.4, -0.2) is 36.5 Å². The van der Waals surface area contributed by atoms with Crippen LogP contribution in [0.3, 0.4) is 0 Å². The predicted octanol–water partition coefficient (Wildman–Crippen LogP) is 2.35. The van der Waals surface area contributed by atoms with E-state index in [9.17, 15) is 0 Å². The molecule has 0 fully saturated rings. The third-order valence-corrected chi connectivity index (χ3v) is 4.35. The van der Waals surface area contributed by atoms with Crippen molar-refractivity contribution >= 4 is 22.7 Å². The maximum Gasteiger partial charge on any atom is 0.0606 e. The van der Waals surface area contributed by atoms with Gasteiger partial charge in [-0.3, -0.25) is 0 Å². The van der Waals surface area contributed by atoms with Crippen molar-refractivity contribution in [1.29, 1.82) is 0 Å². The molecule has 0 aliphatic carbocycles. The van der Waals surface area contributed by atoms with E-state index in [4.69, 9.17) is 15.9 Å². The van der Waals surface area contributed by atoms with Gasteiger partial charge < -0.3 is 20.8 Å². The first-order chi connectivity index (χ1) is 10.2. The first-order valence-corrected chi connectivity index (χ1v) is 8.07. The van der Waals surface area contributed by atoms with Gasteiger partial charge in [-0.05, 0) is 46.5 Å². The highest BCUT2D eigenvalue weighted by Gasteiger charge is 2.12. The summed E-state index contributed by atoms with van der Waals surface area (Å²) >= 11 is 1.68. The van der Waals surface area contributed by atoms with Crippen LogP contribution < -0.4 is 10.6 Å². The minimum absolute atomic E-state index is 0.0539. The summed E-state index contributed by atoms with van der Waals surface area (Å²) < 4.78 is 0. The number of hydrogen-bond acceptors (Lipinski definition) is 5. The molecule has 1 heterocycles. The van der Waals surface area contributed by atoms with Gasteiger partial charge in [-0.2, -0.15) is 11.3 Å². The zero-order valence-corrected chi connectivity index (χ0v) is 13.1. The Bertz CT molecular complexity index is 577. The SMILES string of the molecule is CCc1cscc1-c1cc(N(CCO)CCO)ccc1N. The molecule has 1 aromatic heterocycles. The zero-order valence-electron chi connectivity index (χ0n) is 12.2. The number of thiophene rings is 1. The maximum absolute atomic E-state index is 9.17. The summed E-state index contributed by atoms with van der Waals surface area (Å²) in [5.41, 5.74) is 11.3. The number of aliphatic hydroxyl groups excluding tert-OH is 2. The van der Waals surface area contributed by atoms with Gasteiger partial charge in [0, 0.05) is 30.0 Å². The van der Waals surface area contributed by atoms with E-state index in [0.717, 1.165) is 23.4 Å². The number of aliphatic hydroxyl groups is 2. The third kappa shape index (κ3) is 3.56. The highest BCUT2D eigenvalue weighted by atomic mass is 32.1. The van der Waals surface area contributed by atoms with Gasteiger partial charge in [-0.25, -0.2) is 0 Å². The van der Waals surface area contributed by atoms with Crippen molar-refractivity contribution in [2.24, 2.45) is 0 Å². The van der Waals surface area contributed by atoms with Crippen molar-refractivity contribution in [3.63, 3.8) is 0 Å². The number of nitrogen functional groups attached to an aromatic ring is 1. The summed E-state index contributed by atoms with van der Waals surface area (Å²) in [6, 6.07) is 5.87. The van der Waals surface area contributed by atoms with E-state index < -0.39 is 0 Å². The quantitative estimate of drug-likeness (QED) is 0.687. The van der Waals surface area contributed by atoms with Gasteiger partial charge in [0.15, 0.2) is 0 Å². The Morgan fingerprint density at radius 2 is 1.81 bits per heavy atom. The second kappa shape index (κ2) is 7.45. The van der Waals surface area contributed by atoms with Crippen LogP contribution in [0.4, 0.5) is 11.4 Å². The van der Waals surface area contributed by atoms with Crippen LogP contribution in [0, 0.1) is 0 Å². The van der Waals surface area contributed by atoms with E-state index in [1.807, 2.05) is 23.1 Å². The molecule has 114 valence electrons. The lowest BCUT2D eigenvalue weighted by Crippen LogP contribution is -2.29. The molecule has 2 aromatic rings. The lowest BCUT2D eigenvalue weighted by atomic mass is 10.0. The van der Waals surface area contributed by atoms with Crippen LogP contribution in [0.2, 0.25) is 0 Å². The van der Waals surface area contributed by atoms with E-state index in [1.54, 1.807) is 11.3 Å². The molecule has 0 saturated heterocycles. The molecule has 0 bridgehead atoms. The topological polar surface area (TPSA) is 69.7 Å². The lowest BCUT2D eigenvalue weighted by molar-refractivity contribution is 0.281. The number of benzene rings is 1. The molecule has 1 aromatic carbocycles. The average molecular weight is 306 g/mol. The van der Waals surface area contributed by atoms with Crippen LogP contribution in [0.25, 0.3) is 11.1 Å². The normalized spacial score (nSPS) is 10.8. The molecular formula is C16H22N2O2S. The number of rotatable bonds is 7. The Morgan fingerprint density at radius 3 is 2.43 bits per heavy atom. The molecule has 0 aliphatic heterocycles. The summed E-state index contributed by atoms with van der Waals surface area (Å²) in [7, 11) is 0. The fourth-order valence-corrected chi connectivity index (χ4v) is 3.36. The van der Waals surface area contributed by atoms with Gasteiger partial charge in [0.1, 0.15) is 0 Å². The zero-order chi connectivity index (χ0) is 15.2. The maximum atomic E-state index is 9.17. The van der Waals surface area contributed by atoms with Gasteiger partial charge >= 0.3 is 0 Å². The Labute approximate surface area is 129 Å². The molecule has 4 N–H and O–H groups in total. The third-order valence-electron chi connectivity index (χ3n) is 3.56. The van der Waals surface area contributed by atoms with Gasteiger partial charge in [-0.15, -0.1) is 0 Å². The van der Waals surface area contributed by atoms with Crippen molar-refractivity contribution in [2.75, 3.05) is 36.9 Å². The fourth-order valence-electron chi connectivity index (χ4n) is 2.42. The van der Waals surface area contributed by atoms with Gasteiger partial charge in [0.05, 0.1) is 13.2 Å². The summed E-state index contributed by atoms with van der Waals surface area (Å²) in [4.78, 5) is 1.96. The molecule has 0 atom stereocenters. The molecular weight excluding hydrogens is 284 g/mol. The number of aryl methyl sites for hydroxylation is 1. The van der Waals surface area contributed by atoms with Gasteiger partial charge in [-0.1, -0.05) is 6.92 Å². The monoisotopic (exact) mass is 306 g/mol. The molecule has 0 radical (unpaired) electrons. The molecule has 21 heavy (non-hydrogen) atoms. The number of anilines is 2. The Balaban J connectivity index is 2.41. The Morgan fingerprint density at radius 1 is 1.10 bits per heavy atom. The number of nitrogens with zero attached hydrogens (tertiary/aromatic N) is 1. The molecule has 0 unspecified atom stereocenters. The van der Waals surface area contributed by atoms with E-state index in [1.165, 1.54) is 11.1 Å². The second-order valence-electron chi connectivity index (χ2n) is 4.87. The average Bonchev–Trinajstić information content (AvgIpc) is 2.96. The lowest BCUT2D eigenvalue weighted by Gasteiger charge is -2.24. The first kappa shape index (κ1) is 15.8. The summed E-state index contributed by atoms with van der Waals surface area (Å²) in [6.45, 7) is 3.23. The van der Waals surface area contributed by atoms with Gasteiger partial charge in [0.25, 0.3) is 0 Å². The van der Waals surface area contributed by atoms with Crippen molar-refractivity contribution in [1.82, 2.24) is 0 Å². The van der Waals surface area contributed by atoms with E-state index in [0.29, 0.717) is 13.1 Å². The number of hydrogen-bond donors (Lipinski definition) is 3. The molecule has 0 spiro atoms. The summed E-state index contributed by atoms with van der Waals surface area (Å²) in [6.07, 6.45) is 0.972. The van der Waals surface area contributed by atoms with E-state index >= 15 is 0 Å². The minimum atomic E-state index is 0.0539. The van der Waals surface area contributed by atoms with Crippen LogP contribution in [-0.2, 0) is 6.42 Å². The smallest absolute Gasteiger partial charge is 0.0606 e.